The zero-order chi connectivity index (χ0) is 17.6. The molecule has 130 valence electrons. The first-order valence-electron chi connectivity index (χ1n) is 8.14. The number of furan rings is 1. The number of anilines is 1. The van der Waals surface area contributed by atoms with E-state index in [2.05, 4.69) is 4.98 Å². The van der Waals surface area contributed by atoms with Crippen molar-refractivity contribution in [2.45, 2.75) is 19.6 Å². The number of aromatic nitrogens is 1. The number of nitrogens with zero attached hydrogens (tertiary/aromatic N) is 2. The van der Waals surface area contributed by atoms with Gasteiger partial charge in [0.2, 0.25) is 0 Å². The summed E-state index contributed by atoms with van der Waals surface area (Å²) in [5.74, 6) is 3.04. The van der Waals surface area contributed by atoms with Crippen molar-refractivity contribution in [3.8, 4) is 11.5 Å². The van der Waals surface area contributed by atoms with Gasteiger partial charge in [0, 0.05) is 23.9 Å². The van der Waals surface area contributed by atoms with Crippen LogP contribution in [-0.4, -0.2) is 30.9 Å². The Labute approximate surface area is 145 Å². The highest BCUT2D eigenvalue weighted by Gasteiger charge is 2.31. The van der Waals surface area contributed by atoms with Crippen LogP contribution >= 0.6 is 0 Å². The number of hydrogen-bond donors (Lipinski definition) is 1. The molecule has 25 heavy (non-hydrogen) atoms. The predicted molar refractivity (Wildman–Crippen MR) is 94.3 cm³/mol. The Balaban J connectivity index is 1.83. The minimum atomic E-state index is -0.696. The molecule has 1 aliphatic rings. The van der Waals surface area contributed by atoms with Crippen LogP contribution in [0.3, 0.4) is 0 Å². The molecular weight excluding hydrogens is 320 g/mol. The minimum Gasteiger partial charge on any atom is -0.496 e. The molecule has 0 amide bonds. The maximum atomic E-state index is 10.8. The molecule has 3 heterocycles. The fourth-order valence-corrected chi connectivity index (χ4v) is 3.57. The Morgan fingerprint density at radius 2 is 1.96 bits per heavy atom. The van der Waals surface area contributed by atoms with Crippen molar-refractivity contribution in [1.82, 2.24) is 4.98 Å². The van der Waals surface area contributed by atoms with Crippen LogP contribution < -0.4 is 14.4 Å². The lowest BCUT2D eigenvalue weighted by Crippen LogP contribution is -2.34. The maximum Gasteiger partial charge on any atom is 0.140 e. The second-order valence-corrected chi connectivity index (χ2v) is 6.16. The van der Waals surface area contributed by atoms with Crippen LogP contribution in [0, 0.1) is 6.92 Å². The van der Waals surface area contributed by atoms with Gasteiger partial charge in [0.05, 0.1) is 26.2 Å². The van der Waals surface area contributed by atoms with Gasteiger partial charge in [-0.15, -0.1) is 0 Å². The predicted octanol–water partition coefficient (Wildman–Crippen LogP) is 3.21. The van der Waals surface area contributed by atoms with E-state index in [1.807, 2.05) is 36.1 Å². The summed E-state index contributed by atoms with van der Waals surface area (Å²) in [5, 5.41) is 11.7. The van der Waals surface area contributed by atoms with Gasteiger partial charge in [-0.25, -0.2) is 4.98 Å². The van der Waals surface area contributed by atoms with E-state index in [4.69, 9.17) is 13.9 Å². The Morgan fingerprint density at radius 1 is 1.20 bits per heavy atom. The summed E-state index contributed by atoms with van der Waals surface area (Å²) < 4.78 is 16.6. The van der Waals surface area contributed by atoms with E-state index < -0.39 is 6.10 Å². The average Bonchev–Trinajstić information content (AvgIpc) is 3.00. The summed E-state index contributed by atoms with van der Waals surface area (Å²) in [7, 11) is 3.24. The first-order valence-corrected chi connectivity index (χ1v) is 8.14. The summed E-state index contributed by atoms with van der Waals surface area (Å²) in [6.45, 7) is 2.91. The van der Waals surface area contributed by atoms with E-state index in [9.17, 15) is 5.11 Å². The van der Waals surface area contributed by atoms with Gasteiger partial charge in [-0.3, -0.25) is 0 Å². The Kier molecular flexibility index (Phi) is 3.77. The summed E-state index contributed by atoms with van der Waals surface area (Å²) in [6, 6.07) is 7.52. The van der Waals surface area contributed by atoms with Crippen LogP contribution in [0.1, 0.15) is 23.0 Å². The first kappa shape index (κ1) is 15.8. The molecule has 0 saturated carbocycles. The molecular formula is C19H20N2O4. The van der Waals surface area contributed by atoms with Crippen molar-refractivity contribution in [2.24, 2.45) is 0 Å². The molecule has 6 heteroatoms. The van der Waals surface area contributed by atoms with E-state index in [1.165, 1.54) is 0 Å². The van der Waals surface area contributed by atoms with E-state index in [-0.39, 0.29) is 0 Å². The van der Waals surface area contributed by atoms with Crippen LogP contribution in [0.25, 0.3) is 11.0 Å². The number of methoxy groups -OCH3 is 2. The fraction of sp³-hybridized carbons (Fsp3) is 0.316. The first-order chi connectivity index (χ1) is 12.1. The van der Waals surface area contributed by atoms with Crippen LogP contribution in [-0.2, 0) is 6.54 Å². The fourth-order valence-electron chi connectivity index (χ4n) is 3.57. The van der Waals surface area contributed by atoms with Gasteiger partial charge in [0.25, 0.3) is 0 Å². The van der Waals surface area contributed by atoms with Crippen molar-refractivity contribution in [1.29, 1.82) is 0 Å². The van der Waals surface area contributed by atoms with Crippen molar-refractivity contribution in [2.75, 3.05) is 25.7 Å². The number of β-amino-alcohol motifs (C(OH)–C–C–N with tert-alkyl or cyclic N) is 1. The highest BCUT2D eigenvalue weighted by Crippen LogP contribution is 2.41. The molecule has 1 N–H and O–H groups in total. The third kappa shape index (κ3) is 2.49. The van der Waals surface area contributed by atoms with Crippen molar-refractivity contribution < 1.29 is 19.0 Å². The molecule has 0 radical (unpaired) electrons. The van der Waals surface area contributed by atoms with Gasteiger partial charge in [0.1, 0.15) is 34.8 Å². The van der Waals surface area contributed by atoms with E-state index in [0.29, 0.717) is 18.8 Å². The number of aliphatic hydroxyl groups excluding tert-OH is 1. The Bertz CT molecular complexity index is 935. The van der Waals surface area contributed by atoms with Crippen molar-refractivity contribution >= 4 is 16.8 Å². The summed E-state index contributed by atoms with van der Waals surface area (Å²) in [4.78, 5) is 6.58. The largest absolute Gasteiger partial charge is 0.496 e. The van der Waals surface area contributed by atoms with Gasteiger partial charge >= 0.3 is 0 Å². The quantitative estimate of drug-likeness (QED) is 0.790. The number of aliphatic hydroxyl groups is 1. The molecule has 0 fully saturated rings. The smallest absolute Gasteiger partial charge is 0.140 e. The number of fused-ring (bicyclic) bond motifs is 2. The van der Waals surface area contributed by atoms with Crippen LogP contribution in [0.15, 0.2) is 34.9 Å². The molecule has 1 aliphatic heterocycles. The van der Waals surface area contributed by atoms with Gasteiger partial charge in [-0.05, 0) is 31.2 Å². The highest BCUT2D eigenvalue weighted by atomic mass is 16.5. The number of benzene rings is 1. The molecule has 4 rings (SSSR count). The van der Waals surface area contributed by atoms with E-state index >= 15 is 0 Å². The number of rotatable bonds is 3. The minimum absolute atomic E-state index is 0.423. The topological polar surface area (TPSA) is 68.0 Å². The normalized spacial score (nSPS) is 16.8. The summed E-state index contributed by atoms with van der Waals surface area (Å²) in [5.41, 5.74) is 2.49. The molecule has 1 atom stereocenters. The van der Waals surface area contributed by atoms with Crippen LogP contribution in [0.5, 0.6) is 11.5 Å². The van der Waals surface area contributed by atoms with E-state index in [0.717, 1.165) is 39.4 Å². The van der Waals surface area contributed by atoms with Gasteiger partial charge < -0.3 is 23.9 Å². The number of hydrogen-bond acceptors (Lipinski definition) is 6. The van der Waals surface area contributed by atoms with Crippen molar-refractivity contribution in [3.05, 3.63) is 47.3 Å². The summed E-state index contributed by atoms with van der Waals surface area (Å²) in [6.07, 6.45) is 1.03. The molecule has 3 aromatic rings. The molecule has 6 nitrogen and oxygen atoms in total. The van der Waals surface area contributed by atoms with Crippen molar-refractivity contribution in [3.63, 3.8) is 0 Å². The molecule has 0 unspecified atom stereocenters. The zero-order valence-electron chi connectivity index (χ0n) is 14.4. The third-order valence-corrected chi connectivity index (χ3v) is 4.64. The molecule has 2 aromatic heterocycles. The Morgan fingerprint density at radius 3 is 2.72 bits per heavy atom. The number of pyridine rings is 1. The lowest BCUT2D eigenvalue weighted by atomic mass is 9.95. The average molecular weight is 340 g/mol. The second-order valence-electron chi connectivity index (χ2n) is 6.16. The zero-order valence-corrected chi connectivity index (χ0v) is 14.4. The molecule has 0 bridgehead atoms. The summed E-state index contributed by atoms with van der Waals surface area (Å²) >= 11 is 0. The van der Waals surface area contributed by atoms with Gasteiger partial charge in [0.15, 0.2) is 0 Å². The Hall–Kier alpha value is -2.73. The third-order valence-electron chi connectivity index (χ3n) is 4.64. The lowest BCUT2D eigenvalue weighted by molar-refractivity contribution is 0.169. The lowest BCUT2D eigenvalue weighted by Gasteiger charge is -2.34. The molecule has 0 aliphatic carbocycles. The monoisotopic (exact) mass is 340 g/mol. The highest BCUT2D eigenvalue weighted by molar-refractivity contribution is 5.89. The SMILES string of the molecule is COc1ccc(OC)c2c1CN(c1nccc3oc(C)cc13)C[C@H]2O. The number of aryl methyl sites for hydroxylation is 1. The standard InChI is InChI=1S/C19H20N2O4/c1-11-8-12-16(25-11)6-7-20-19(12)21-9-13-15(23-2)4-5-17(24-3)18(13)14(22)10-21/h4-8,14,22H,9-10H2,1-3H3/t14-/m1/s1. The van der Waals surface area contributed by atoms with E-state index in [1.54, 1.807) is 20.4 Å². The maximum absolute atomic E-state index is 10.8. The number of ether oxygens (including phenoxy) is 2. The second kappa shape index (κ2) is 5.97. The van der Waals surface area contributed by atoms with Gasteiger partial charge in [-0.2, -0.15) is 0 Å². The van der Waals surface area contributed by atoms with Crippen LogP contribution in [0.2, 0.25) is 0 Å². The molecule has 0 saturated heterocycles. The molecule has 0 spiro atoms. The van der Waals surface area contributed by atoms with Crippen LogP contribution in [0.4, 0.5) is 5.82 Å². The van der Waals surface area contributed by atoms with Gasteiger partial charge in [-0.1, -0.05) is 0 Å². The molecule has 1 aromatic carbocycles.